The Labute approximate surface area is 163 Å². The summed E-state index contributed by atoms with van der Waals surface area (Å²) in [7, 11) is 0. The number of hydrogen-bond acceptors (Lipinski definition) is 4. The van der Waals surface area contributed by atoms with Crippen LogP contribution in [0.1, 0.15) is 50.4 Å². The molecule has 0 radical (unpaired) electrons. The standard InChI is InChI=1S/C22H24N2O2S/c1-14(2)13-20(26)24-17-9-4-3-7-15(17)23-16-8-5-10-18(25)21(16)22(24)19-11-6-12-27-19/h3-4,6-7,9,11-12,14,22-23H,5,8,10,13H2,1-2H3. The lowest BCUT2D eigenvalue weighted by atomic mass is 9.88. The van der Waals surface area contributed by atoms with Crippen LogP contribution in [0.2, 0.25) is 0 Å². The van der Waals surface area contributed by atoms with Crippen LogP contribution in [0, 0.1) is 5.92 Å². The minimum atomic E-state index is -0.352. The van der Waals surface area contributed by atoms with Gasteiger partial charge in [-0.05, 0) is 42.3 Å². The van der Waals surface area contributed by atoms with Gasteiger partial charge in [0.25, 0.3) is 0 Å². The second-order valence-corrected chi connectivity index (χ2v) is 8.57. The molecule has 0 saturated carbocycles. The number of amides is 1. The van der Waals surface area contributed by atoms with Crippen molar-refractivity contribution in [3.63, 3.8) is 0 Å². The topological polar surface area (TPSA) is 49.4 Å². The van der Waals surface area contributed by atoms with Gasteiger partial charge in [0, 0.05) is 29.0 Å². The molecule has 1 atom stereocenters. The number of rotatable bonds is 3. The zero-order chi connectivity index (χ0) is 19.0. The van der Waals surface area contributed by atoms with Crippen molar-refractivity contribution in [1.29, 1.82) is 0 Å². The lowest BCUT2D eigenvalue weighted by molar-refractivity contribution is -0.119. The third kappa shape index (κ3) is 3.32. The minimum Gasteiger partial charge on any atom is -0.357 e. The van der Waals surface area contributed by atoms with Crippen molar-refractivity contribution in [3.05, 3.63) is 57.9 Å². The summed E-state index contributed by atoms with van der Waals surface area (Å²) >= 11 is 1.60. The molecule has 2 aliphatic rings. The molecule has 4 rings (SSSR count). The number of anilines is 2. The van der Waals surface area contributed by atoms with E-state index in [2.05, 4.69) is 19.2 Å². The first-order valence-corrected chi connectivity index (χ1v) is 10.4. The molecule has 1 amide bonds. The average Bonchev–Trinajstić information content (AvgIpc) is 3.10. The molecule has 27 heavy (non-hydrogen) atoms. The highest BCUT2D eigenvalue weighted by Crippen LogP contribution is 2.46. The van der Waals surface area contributed by atoms with E-state index in [1.165, 1.54) is 0 Å². The highest BCUT2D eigenvalue weighted by molar-refractivity contribution is 7.10. The van der Waals surface area contributed by atoms with Gasteiger partial charge in [0.1, 0.15) is 6.04 Å². The summed E-state index contributed by atoms with van der Waals surface area (Å²) in [5, 5.41) is 5.50. The van der Waals surface area contributed by atoms with Crippen molar-refractivity contribution in [1.82, 2.24) is 0 Å². The molecule has 1 unspecified atom stereocenters. The number of benzene rings is 1. The number of hydrogen-bond donors (Lipinski definition) is 1. The van der Waals surface area contributed by atoms with Gasteiger partial charge in [-0.2, -0.15) is 0 Å². The maximum Gasteiger partial charge on any atom is 0.228 e. The van der Waals surface area contributed by atoms with E-state index in [1.54, 1.807) is 11.3 Å². The molecule has 2 heterocycles. The van der Waals surface area contributed by atoms with Gasteiger partial charge >= 0.3 is 0 Å². The number of nitrogens with one attached hydrogen (secondary N) is 1. The number of ketones is 1. The summed E-state index contributed by atoms with van der Waals surface area (Å²) in [4.78, 5) is 29.3. The van der Waals surface area contributed by atoms with Crippen molar-refractivity contribution in [3.8, 4) is 0 Å². The van der Waals surface area contributed by atoms with E-state index in [9.17, 15) is 9.59 Å². The van der Waals surface area contributed by atoms with Crippen LogP contribution in [0.15, 0.2) is 53.0 Å². The van der Waals surface area contributed by atoms with Gasteiger partial charge in [-0.3, -0.25) is 14.5 Å². The molecule has 4 nitrogen and oxygen atoms in total. The Hall–Kier alpha value is -2.40. The summed E-state index contributed by atoms with van der Waals surface area (Å²) < 4.78 is 0. The van der Waals surface area contributed by atoms with Crippen molar-refractivity contribution >= 4 is 34.4 Å². The number of Topliss-reactive ketones (excluding diaryl/α,β-unsaturated/α-hetero) is 1. The molecule has 140 valence electrons. The monoisotopic (exact) mass is 380 g/mol. The molecule has 5 heteroatoms. The second-order valence-electron chi connectivity index (χ2n) is 7.59. The number of allylic oxidation sites excluding steroid dienone is 1. The van der Waals surface area contributed by atoms with E-state index in [4.69, 9.17) is 0 Å². The summed E-state index contributed by atoms with van der Waals surface area (Å²) in [5.41, 5.74) is 3.48. The van der Waals surface area contributed by atoms with Crippen LogP contribution in [0.25, 0.3) is 0 Å². The van der Waals surface area contributed by atoms with Crippen molar-refractivity contribution in [2.45, 2.75) is 45.6 Å². The van der Waals surface area contributed by atoms with Crippen LogP contribution in [-0.4, -0.2) is 11.7 Å². The fourth-order valence-corrected chi connectivity index (χ4v) is 4.80. The van der Waals surface area contributed by atoms with E-state index in [0.29, 0.717) is 12.8 Å². The molecule has 1 aromatic heterocycles. The second kappa shape index (κ2) is 7.31. The predicted octanol–water partition coefficient (Wildman–Crippen LogP) is 5.30. The Bertz CT molecular complexity index is 899. The lowest BCUT2D eigenvalue weighted by Gasteiger charge is -2.33. The fourth-order valence-electron chi connectivity index (χ4n) is 3.97. The Morgan fingerprint density at radius 1 is 1.22 bits per heavy atom. The maximum absolute atomic E-state index is 13.4. The predicted molar refractivity (Wildman–Crippen MR) is 110 cm³/mol. The highest BCUT2D eigenvalue weighted by atomic mass is 32.1. The Morgan fingerprint density at radius 3 is 2.78 bits per heavy atom. The maximum atomic E-state index is 13.4. The first-order valence-electron chi connectivity index (χ1n) is 9.54. The number of nitrogens with zero attached hydrogens (tertiary/aromatic N) is 1. The van der Waals surface area contributed by atoms with Crippen LogP contribution in [0.5, 0.6) is 0 Å². The van der Waals surface area contributed by atoms with E-state index in [1.807, 2.05) is 46.7 Å². The summed E-state index contributed by atoms with van der Waals surface area (Å²) in [5.74, 6) is 0.461. The fraction of sp³-hybridized carbons (Fsp3) is 0.364. The summed E-state index contributed by atoms with van der Waals surface area (Å²) in [6.45, 7) is 4.10. The van der Waals surface area contributed by atoms with Gasteiger partial charge in [0.15, 0.2) is 5.78 Å². The molecular weight excluding hydrogens is 356 g/mol. The van der Waals surface area contributed by atoms with E-state index < -0.39 is 0 Å². The molecule has 1 aromatic carbocycles. The van der Waals surface area contributed by atoms with Crippen LogP contribution < -0.4 is 10.2 Å². The average molecular weight is 381 g/mol. The third-order valence-corrected chi connectivity index (χ3v) is 6.03. The summed E-state index contributed by atoms with van der Waals surface area (Å²) in [6.07, 6.45) is 2.69. The Morgan fingerprint density at radius 2 is 2.04 bits per heavy atom. The van der Waals surface area contributed by atoms with Crippen molar-refractivity contribution in [2.24, 2.45) is 5.92 Å². The van der Waals surface area contributed by atoms with Gasteiger partial charge in [-0.15, -0.1) is 11.3 Å². The van der Waals surface area contributed by atoms with Crippen molar-refractivity contribution in [2.75, 3.05) is 10.2 Å². The number of fused-ring (bicyclic) bond motifs is 1. The van der Waals surface area contributed by atoms with Crippen LogP contribution in [0.4, 0.5) is 11.4 Å². The first-order chi connectivity index (χ1) is 13.1. The lowest BCUT2D eigenvalue weighted by Crippen LogP contribution is -2.38. The van der Waals surface area contributed by atoms with E-state index in [-0.39, 0.29) is 23.7 Å². The summed E-state index contributed by atoms with van der Waals surface area (Å²) in [6, 6.07) is 11.6. The van der Waals surface area contributed by atoms with Crippen molar-refractivity contribution < 1.29 is 9.59 Å². The molecule has 0 spiro atoms. The number of carbonyl (C=O) groups excluding carboxylic acids is 2. The molecule has 1 aliphatic heterocycles. The molecule has 0 saturated heterocycles. The minimum absolute atomic E-state index is 0.0600. The smallest absolute Gasteiger partial charge is 0.228 e. The van der Waals surface area contributed by atoms with Gasteiger partial charge in [-0.25, -0.2) is 0 Å². The van der Waals surface area contributed by atoms with Crippen LogP contribution in [0.3, 0.4) is 0 Å². The molecule has 1 N–H and O–H groups in total. The Balaban J connectivity index is 1.95. The van der Waals surface area contributed by atoms with Crippen LogP contribution >= 0.6 is 11.3 Å². The van der Waals surface area contributed by atoms with Gasteiger partial charge in [-0.1, -0.05) is 32.0 Å². The third-order valence-electron chi connectivity index (χ3n) is 5.10. The normalized spacial score (nSPS) is 19.4. The van der Waals surface area contributed by atoms with Gasteiger partial charge < -0.3 is 5.32 Å². The number of thiophene rings is 1. The molecule has 0 bridgehead atoms. The highest BCUT2D eigenvalue weighted by Gasteiger charge is 2.39. The largest absolute Gasteiger partial charge is 0.357 e. The number of para-hydroxylation sites is 2. The van der Waals surface area contributed by atoms with Crippen LogP contribution in [-0.2, 0) is 9.59 Å². The molecule has 1 aliphatic carbocycles. The zero-order valence-electron chi connectivity index (χ0n) is 15.7. The molecular formula is C22H24N2O2S. The Kier molecular flexibility index (Phi) is 4.87. The number of carbonyl (C=O) groups is 2. The van der Waals surface area contributed by atoms with Gasteiger partial charge in [0.2, 0.25) is 5.91 Å². The van der Waals surface area contributed by atoms with E-state index >= 15 is 0 Å². The SMILES string of the molecule is CC(C)CC(=O)N1c2ccccc2NC2=C(C(=O)CCC2)C1c1cccs1. The zero-order valence-corrected chi connectivity index (χ0v) is 16.5. The molecule has 0 fully saturated rings. The quantitative estimate of drug-likeness (QED) is 0.786. The van der Waals surface area contributed by atoms with Gasteiger partial charge in [0.05, 0.1) is 11.4 Å². The van der Waals surface area contributed by atoms with E-state index in [0.717, 1.165) is 40.4 Å². The molecule has 2 aromatic rings. The first kappa shape index (κ1) is 18.0.